The summed E-state index contributed by atoms with van der Waals surface area (Å²) in [5.41, 5.74) is 0.517. The molecule has 0 aromatic heterocycles. The molecule has 17 heavy (non-hydrogen) atoms. The highest BCUT2D eigenvalue weighted by Crippen LogP contribution is 2.51. The molecule has 0 radical (unpaired) electrons. The summed E-state index contributed by atoms with van der Waals surface area (Å²) >= 11 is 0. The van der Waals surface area contributed by atoms with Gasteiger partial charge >= 0.3 is 0 Å². The lowest BCUT2D eigenvalue weighted by atomic mass is 9.92. The number of aliphatic hydroxyl groups is 1. The number of hydrogen-bond acceptors (Lipinski definition) is 3. The molecule has 0 aromatic rings. The number of rotatable bonds is 10. The van der Waals surface area contributed by atoms with Gasteiger partial charge in [0.05, 0.1) is 12.7 Å². The van der Waals surface area contributed by atoms with Crippen molar-refractivity contribution in [2.24, 2.45) is 11.3 Å². The lowest BCUT2D eigenvalue weighted by Crippen LogP contribution is -2.35. The SMILES string of the molecule is CCCCOCC(O)CNCC1(C(C)C)CC1. The predicted molar refractivity (Wildman–Crippen MR) is 71.1 cm³/mol. The average Bonchev–Trinajstić information content (AvgIpc) is 3.06. The first-order valence-electron chi connectivity index (χ1n) is 7.07. The minimum Gasteiger partial charge on any atom is -0.389 e. The molecule has 0 aliphatic heterocycles. The van der Waals surface area contributed by atoms with Gasteiger partial charge in [0.1, 0.15) is 0 Å². The van der Waals surface area contributed by atoms with Gasteiger partial charge in [-0.15, -0.1) is 0 Å². The molecule has 1 fully saturated rings. The van der Waals surface area contributed by atoms with Crippen LogP contribution in [0.15, 0.2) is 0 Å². The molecule has 0 aromatic carbocycles. The number of unbranched alkanes of at least 4 members (excludes halogenated alkanes) is 1. The molecule has 1 atom stereocenters. The van der Waals surface area contributed by atoms with Gasteiger partial charge in [0.15, 0.2) is 0 Å². The minimum absolute atomic E-state index is 0.366. The van der Waals surface area contributed by atoms with Crippen LogP contribution < -0.4 is 5.32 Å². The Hall–Kier alpha value is -0.120. The second kappa shape index (κ2) is 7.34. The summed E-state index contributed by atoms with van der Waals surface area (Å²) in [4.78, 5) is 0. The van der Waals surface area contributed by atoms with E-state index in [2.05, 4.69) is 26.1 Å². The van der Waals surface area contributed by atoms with E-state index in [1.165, 1.54) is 12.8 Å². The van der Waals surface area contributed by atoms with Crippen molar-refractivity contribution < 1.29 is 9.84 Å². The molecule has 3 heteroatoms. The predicted octanol–water partition coefficient (Wildman–Crippen LogP) is 2.19. The molecule has 1 aliphatic rings. The van der Waals surface area contributed by atoms with E-state index in [-0.39, 0.29) is 6.10 Å². The maximum Gasteiger partial charge on any atom is 0.0897 e. The molecule has 0 spiro atoms. The summed E-state index contributed by atoms with van der Waals surface area (Å²) in [6.45, 7) is 9.64. The van der Waals surface area contributed by atoms with E-state index in [1.807, 2.05) is 0 Å². The standard InChI is InChI=1S/C14H29NO2/c1-4-5-8-17-10-13(16)9-15-11-14(6-7-14)12(2)3/h12-13,15-16H,4-11H2,1-3H3. The lowest BCUT2D eigenvalue weighted by Gasteiger charge is -2.21. The van der Waals surface area contributed by atoms with Crippen molar-refractivity contribution in [3.05, 3.63) is 0 Å². The Morgan fingerprint density at radius 3 is 2.59 bits per heavy atom. The molecule has 3 nitrogen and oxygen atoms in total. The van der Waals surface area contributed by atoms with Gasteiger partial charge in [-0.05, 0) is 30.6 Å². The molecule has 1 unspecified atom stereocenters. The van der Waals surface area contributed by atoms with Crippen LogP contribution in [0, 0.1) is 11.3 Å². The van der Waals surface area contributed by atoms with Crippen LogP contribution >= 0.6 is 0 Å². The fraction of sp³-hybridized carbons (Fsp3) is 1.00. The molecule has 0 saturated heterocycles. The number of hydrogen-bond donors (Lipinski definition) is 2. The monoisotopic (exact) mass is 243 g/mol. The van der Waals surface area contributed by atoms with E-state index in [1.54, 1.807) is 0 Å². The summed E-state index contributed by atoms with van der Waals surface area (Å²) < 4.78 is 5.39. The smallest absolute Gasteiger partial charge is 0.0897 e. The maximum absolute atomic E-state index is 9.72. The zero-order valence-corrected chi connectivity index (χ0v) is 11.7. The van der Waals surface area contributed by atoms with E-state index in [9.17, 15) is 5.11 Å². The zero-order chi connectivity index (χ0) is 12.7. The van der Waals surface area contributed by atoms with Crippen molar-refractivity contribution in [3.63, 3.8) is 0 Å². The van der Waals surface area contributed by atoms with Crippen LogP contribution in [0.5, 0.6) is 0 Å². The van der Waals surface area contributed by atoms with E-state index in [0.29, 0.717) is 18.6 Å². The highest BCUT2D eigenvalue weighted by molar-refractivity contribution is 4.97. The molecule has 2 N–H and O–H groups in total. The Balaban J connectivity index is 1.99. The number of ether oxygens (including phenoxy) is 1. The zero-order valence-electron chi connectivity index (χ0n) is 11.7. The second-order valence-corrected chi connectivity index (χ2v) is 5.73. The van der Waals surface area contributed by atoms with Crippen molar-refractivity contribution in [2.45, 2.75) is 52.6 Å². The third-order valence-electron chi connectivity index (χ3n) is 3.93. The van der Waals surface area contributed by atoms with Gasteiger partial charge in [0, 0.05) is 19.7 Å². The first-order chi connectivity index (χ1) is 8.10. The summed E-state index contributed by atoms with van der Waals surface area (Å²) in [6, 6.07) is 0. The second-order valence-electron chi connectivity index (χ2n) is 5.73. The highest BCUT2D eigenvalue weighted by atomic mass is 16.5. The van der Waals surface area contributed by atoms with E-state index in [4.69, 9.17) is 4.74 Å². The van der Waals surface area contributed by atoms with E-state index in [0.717, 1.165) is 31.9 Å². The van der Waals surface area contributed by atoms with Crippen molar-refractivity contribution >= 4 is 0 Å². The fourth-order valence-corrected chi connectivity index (χ4v) is 2.13. The summed E-state index contributed by atoms with van der Waals surface area (Å²) in [7, 11) is 0. The van der Waals surface area contributed by atoms with Crippen molar-refractivity contribution in [3.8, 4) is 0 Å². The van der Waals surface area contributed by atoms with Crippen molar-refractivity contribution in [1.29, 1.82) is 0 Å². The van der Waals surface area contributed by atoms with Crippen molar-refractivity contribution in [1.82, 2.24) is 5.32 Å². The molecule has 0 amide bonds. The number of aliphatic hydroxyl groups excluding tert-OH is 1. The lowest BCUT2D eigenvalue weighted by molar-refractivity contribution is 0.0351. The summed E-state index contributed by atoms with van der Waals surface area (Å²) in [5.74, 6) is 0.743. The van der Waals surface area contributed by atoms with Gasteiger partial charge < -0.3 is 15.2 Å². The fourth-order valence-electron chi connectivity index (χ4n) is 2.13. The van der Waals surface area contributed by atoms with Gasteiger partial charge in [0.2, 0.25) is 0 Å². The third kappa shape index (κ3) is 5.36. The average molecular weight is 243 g/mol. The molecular formula is C14H29NO2. The van der Waals surface area contributed by atoms with Crippen LogP contribution in [0.3, 0.4) is 0 Å². The molecule has 0 heterocycles. The van der Waals surface area contributed by atoms with Crippen LogP contribution in [-0.4, -0.2) is 37.5 Å². The van der Waals surface area contributed by atoms with E-state index < -0.39 is 0 Å². The first kappa shape index (κ1) is 14.9. The van der Waals surface area contributed by atoms with Crippen LogP contribution in [0.25, 0.3) is 0 Å². The quantitative estimate of drug-likeness (QED) is 0.578. The van der Waals surface area contributed by atoms with Gasteiger partial charge in [-0.1, -0.05) is 27.2 Å². The highest BCUT2D eigenvalue weighted by Gasteiger charge is 2.44. The molecule has 1 saturated carbocycles. The first-order valence-corrected chi connectivity index (χ1v) is 7.07. The number of nitrogens with one attached hydrogen (secondary N) is 1. The molecular weight excluding hydrogens is 214 g/mol. The molecule has 102 valence electrons. The Morgan fingerprint density at radius 2 is 2.06 bits per heavy atom. The topological polar surface area (TPSA) is 41.5 Å². The van der Waals surface area contributed by atoms with Crippen LogP contribution in [0.1, 0.15) is 46.5 Å². The largest absolute Gasteiger partial charge is 0.389 e. The summed E-state index contributed by atoms with van der Waals surface area (Å²) in [6.07, 6.45) is 4.53. The Kier molecular flexibility index (Phi) is 6.45. The van der Waals surface area contributed by atoms with Gasteiger partial charge in [-0.2, -0.15) is 0 Å². The normalized spacial score (nSPS) is 19.6. The van der Waals surface area contributed by atoms with Crippen LogP contribution in [0.2, 0.25) is 0 Å². The maximum atomic E-state index is 9.72. The Labute approximate surface area is 106 Å². The molecule has 1 rings (SSSR count). The van der Waals surface area contributed by atoms with Gasteiger partial charge in [-0.3, -0.25) is 0 Å². The Bertz CT molecular complexity index is 202. The van der Waals surface area contributed by atoms with Crippen LogP contribution in [-0.2, 0) is 4.74 Å². The van der Waals surface area contributed by atoms with Gasteiger partial charge in [0.25, 0.3) is 0 Å². The van der Waals surface area contributed by atoms with Gasteiger partial charge in [-0.25, -0.2) is 0 Å². The summed E-state index contributed by atoms with van der Waals surface area (Å²) in [5, 5.41) is 13.1. The Morgan fingerprint density at radius 1 is 1.35 bits per heavy atom. The third-order valence-corrected chi connectivity index (χ3v) is 3.93. The van der Waals surface area contributed by atoms with Crippen LogP contribution in [0.4, 0.5) is 0 Å². The molecule has 1 aliphatic carbocycles. The van der Waals surface area contributed by atoms with E-state index >= 15 is 0 Å². The minimum atomic E-state index is -0.366. The molecule has 0 bridgehead atoms. The van der Waals surface area contributed by atoms with Crippen molar-refractivity contribution in [2.75, 3.05) is 26.3 Å².